The Kier molecular flexibility index (Phi) is 2.36. The van der Waals surface area contributed by atoms with Crippen molar-refractivity contribution < 1.29 is 0 Å². The van der Waals surface area contributed by atoms with Gasteiger partial charge in [-0.2, -0.15) is 0 Å². The second-order valence-corrected chi connectivity index (χ2v) is 5.64. The van der Waals surface area contributed by atoms with E-state index in [0.29, 0.717) is 5.92 Å². The number of rotatable bonds is 2. The van der Waals surface area contributed by atoms with Crippen LogP contribution in [0.1, 0.15) is 29.9 Å². The molecule has 0 spiro atoms. The minimum atomic E-state index is 0.692. The van der Waals surface area contributed by atoms with Crippen LogP contribution in [-0.2, 0) is 0 Å². The lowest BCUT2D eigenvalue weighted by molar-refractivity contribution is 1.13. The fourth-order valence-corrected chi connectivity index (χ4v) is 2.83. The smallest absolute Gasteiger partial charge is 0.139 e. The first kappa shape index (κ1) is 11.5. The molecule has 2 aromatic heterocycles. The van der Waals surface area contributed by atoms with Crippen LogP contribution in [0.3, 0.4) is 0 Å². The van der Waals surface area contributed by atoms with Crippen molar-refractivity contribution in [1.82, 2.24) is 9.38 Å². The van der Waals surface area contributed by atoms with Gasteiger partial charge in [-0.1, -0.05) is 30.3 Å². The summed E-state index contributed by atoms with van der Waals surface area (Å²) < 4.78 is 1.98. The topological polar surface area (TPSA) is 43.3 Å². The van der Waals surface area contributed by atoms with Gasteiger partial charge in [0.15, 0.2) is 0 Å². The highest BCUT2D eigenvalue weighted by Crippen LogP contribution is 2.45. The van der Waals surface area contributed by atoms with E-state index < -0.39 is 0 Å². The van der Waals surface area contributed by atoms with Gasteiger partial charge in [0, 0.05) is 11.8 Å². The Bertz CT molecular complexity index is 797. The summed E-state index contributed by atoms with van der Waals surface area (Å²) in [4.78, 5) is 4.73. The van der Waals surface area contributed by atoms with Gasteiger partial charge < -0.3 is 5.73 Å². The van der Waals surface area contributed by atoms with Gasteiger partial charge >= 0.3 is 0 Å². The Balaban J connectivity index is 1.96. The summed E-state index contributed by atoms with van der Waals surface area (Å²) in [6, 6.07) is 12.6. The zero-order valence-corrected chi connectivity index (χ0v) is 11.5. The lowest BCUT2D eigenvalue weighted by atomic mass is 10.0. The summed E-state index contributed by atoms with van der Waals surface area (Å²) in [5.41, 5.74) is 11.9. The minimum Gasteiger partial charge on any atom is -0.383 e. The van der Waals surface area contributed by atoms with E-state index in [1.165, 1.54) is 29.5 Å². The van der Waals surface area contributed by atoms with Gasteiger partial charge in [-0.05, 0) is 42.9 Å². The molecule has 0 unspecified atom stereocenters. The van der Waals surface area contributed by atoms with Crippen molar-refractivity contribution in [2.24, 2.45) is 0 Å². The number of pyridine rings is 1. The summed E-state index contributed by atoms with van der Waals surface area (Å²) in [7, 11) is 0. The van der Waals surface area contributed by atoms with Crippen molar-refractivity contribution in [1.29, 1.82) is 0 Å². The molecule has 1 fully saturated rings. The zero-order chi connectivity index (χ0) is 13.7. The van der Waals surface area contributed by atoms with Crippen molar-refractivity contribution in [3.8, 4) is 11.3 Å². The molecule has 0 aliphatic heterocycles. The van der Waals surface area contributed by atoms with Gasteiger partial charge in [-0.25, -0.2) is 4.98 Å². The average Bonchev–Trinajstić information content (AvgIpc) is 3.25. The second kappa shape index (κ2) is 4.10. The molecule has 20 heavy (non-hydrogen) atoms. The molecule has 0 bridgehead atoms. The fraction of sp³-hybridized carbons (Fsp3) is 0.235. The summed E-state index contributed by atoms with van der Waals surface area (Å²) >= 11 is 0. The number of hydrogen-bond donors (Lipinski definition) is 1. The van der Waals surface area contributed by atoms with E-state index >= 15 is 0 Å². The number of nitrogens with two attached hydrogens (primary N) is 1. The second-order valence-electron chi connectivity index (χ2n) is 5.64. The summed E-state index contributed by atoms with van der Waals surface area (Å²) in [6.07, 6.45) is 4.60. The number of benzene rings is 1. The maximum atomic E-state index is 6.33. The number of anilines is 1. The van der Waals surface area contributed by atoms with Crippen molar-refractivity contribution in [2.75, 3.05) is 5.73 Å². The standard InChI is InChI=1S/C17H17N3/c1-11-6-9-15-19-16(17(18)20(15)10-11)14-5-3-2-4-13(14)12-7-8-12/h2-6,9-10,12H,7-8,18H2,1H3. The maximum absolute atomic E-state index is 6.33. The molecule has 3 aromatic rings. The fourth-order valence-electron chi connectivity index (χ4n) is 2.83. The van der Waals surface area contributed by atoms with Gasteiger partial charge in [0.05, 0.1) is 0 Å². The number of imidazole rings is 1. The number of aryl methyl sites for hydroxylation is 1. The Morgan fingerprint density at radius 1 is 1.15 bits per heavy atom. The highest BCUT2D eigenvalue weighted by atomic mass is 15.1. The van der Waals surface area contributed by atoms with Crippen LogP contribution >= 0.6 is 0 Å². The third-order valence-corrected chi connectivity index (χ3v) is 4.04. The first-order chi connectivity index (χ1) is 9.74. The molecule has 100 valence electrons. The molecule has 4 rings (SSSR count). The van der Waals surface area contributed by atoms with Gasteiger partial charge in [0.2, 0.25) is 0 Å². The molecule has 0 atom stereocenters. The molecule has 0 radical (unpaired) electrons. The lowest BCUT2D eigenvalue weighted by Gasteiger charge is -2.06. The van der Waals surface area contributed by atoms with Gasteiger partial charge in [0.25, 0.3) is 0 Å². The van der Waals surface area contributed by atoms with Crippen LogP contribution < -0.4 is 5.73 Å². The lowest BCUT2D eigenvalue weighted by Crippen LogP contribution is -1.96. The third-order valence-electron chi connectivity index (χ3n) is 4.04. The SMILES string of the molecule is Cc1ccc2nc(-c3ccccc3C3CC3)c(N)n2c1. The highest BCUT2D eigenvalue weighted by molar-refractivity contribution is 5.77. The van der Waals surface area contributed by atoms with E-state index in [0.717, 1.165) is 17.2 Å². The molecule has 3 nitrogen and oxygen atoms in total. The monoisotopic (exact) mass is 263 g/mol. The normalized spacial score (nSPS) is 14.8. The van der Waals surface area contributed by atoms with Gasteiger partial charge in [-0.3, -0.25) is 4.40 Å². The quantitative estimate of drug-likeness (QED) is 0.764. The average molecular weight is 263 g/mol. The van der Waals surface area contributed by atoms with E-state index in [4.69, 9.17) is 10.7 Å². The summed E-state index contributed by atoms with van der Waals surface area (Å²) in [6.45, 7) is 2.07. The Morgan fingerprint density at radius 3 is 2.75 bits per heavy atom. The van der Waals surface area contributed by atoms with Gasteiger partial charge in [0.1, 0.15) is 17.2 Å². The van der Waals surface area contributed by atoms with E-state index in [1.807, 2.05) is 16.7 Å². The highest BCUT2D eigenvalue weighted by Gasteiger charge is 2.27. The molecule has 1 aliphatic carbocycles. The van der Waals surface area contributed by atoms with Crippen LogP contribution in [0, 0.1) is 6.92 Å². The van der Waals surface area contributed by atoms with E-state index in [-0.39, 0.29) is 0 Å². The number of fused-ring (bicyclic) bond motifs is 1. The molecule has 0 amide bonds. The van der Waals surface area contributed by atoms with Gasteiger partial charge in [-0.15, -0.1) is 0 Å². The van der Waals surface area contributed by atoms with E-state index in [9.17, 15) is 0 Å². The zero-order valence-electron chi connectivity index (χ0n) is 11.5. The van der Waals surface area contributed by atoms with Crippen molar-refractivity contribution in [3.63, 3.8) is 0 Å². The first-order valence-corrected chi connectivity index (χ1v) is 7.07. The van der Waals surface area contributed by atoms with Crippen LogP contribution in [0.25, 0.3) is 16.9 Å². The molecular weight excluding hydrogens is 246 g/mol. The summed E-state index contributed by atoms with van der Waals surface area (Å²) in [5.74, 6) is 1.42. The van der Waals surface area contributed by atoms with E-state index in [1.54, 1.807) is 0 Å². The molecule has 1 saturated carbocycles. The Hall–Kier alpha value is -2.29. The summed E-state index contributed by atoms with van der Waals surface area (Å²) in [5, 5.41) is 0. The molecule has 1 aromatic carbocycles. The molecule has 2 N–H and O–H groups in total. The molecule has 3 heteroatoms. The first-order valence-electron chi connectivity index (χ1n) is 7.07. The predicted octanol–water partition coefficient (Wildman–Crippen LogP) is 3.77. The Labute approximate surface area is 118 Å². The molecular formula is C17H17N3. The van der Waals surface area contributed by atoms with Crippen LogP contribution in [0.15, 0.2) is 42.6 Å². The number of nitrogens with zero attached hydrogens (tertiary/aromatic N) is 2. The number of nitrogen functional groups attached to an aromatic ring is 1. The van der Waals surface area contributed by atoms with Crippen LogP contribution in [0.5, 0.6) is 0 Å². The molecule has 1 aliphatic rings. The number of hydrogen-bond acceptors (Lipinski definition) is 2. The van der Waals surface area contributed by atoms with Crippen LogP contribution in [0.4, 0.5) is 5.82 Å². The van der Waals surface area contributed by atoms with Crippen molar-refractivity contribution in [3.05, 3.63) is 53.7 Å². The number of aromatic nitrogens is 2. The largest absolute Gasteiger partial charge is 0.383 e. The Morgan fingerprint density at radius 2 is 1.95 bits per heavy atom. The predicted molar refractivity (Wildman–Crippen MR) is 81.8 cm³/mol. The molecule has 0 saturated heterocycles. The van der Waals surface area contributed by atoms with Crippen molar-refractivity contribution >= 4 is 11.5 Å². The third kappa shape index (κ3) is 1.70. The van der Waals surface area contributed by atoms with Crippen molar-refractivity contribution in [2.45, 2.75) is 25.7 Å². The minimum absolute atomic E-state index is 0.692. The maximum Gasteiger partial charge on any atom is 0.139 e. The van der Waals surface area contributed by atoms with Crippen LogP contribution in [0.2, 0.25) is 0 Å². The van der Waals surface area contributed by atoms with E-state index in [2.05, 4.69) is 37.3 Å². The molecule has 2 heterocycles. The van der Waals surface area contributed by atoms with Crippen LogP contribution in [-0.4, -0.2) is 9.38 Å².